The minimum absolute atomic E-state index is 0.0798. The van der Waals surface area contributed by atoms with Crippen LogP contribution in [0.25, 0.3) is 0 Å². The third-order valence-corrected chi connectivity index (χ3v) is 4.56. The van der Waals surface area contributed by atoms with Crippen LogP contribution in [0.4, 0.5) is 4.39 Å². The van der Waals surface area contributed by atoms with Crippen LogP contribution >= 0.6 is 0 Å². The molecule has 0 aliphatic carbocycles. The third kappa shape index (κ3) is 2.70. The van der Waals surface area contributed by atoms with E-state index in [2.05, 4.69) is 11.9 Å². The molecule has 0 radical (unpaired) electrons. The Bertz CT molecular complexity index is 492. The lowest BCUT2D eigenvalue weighted by Gasteiger charge is -2.36. The average molecular weight is 277 g/mol. The molecule has 0 bridgehead atoms. The van der Waals surface area contributed by atoms with Crippen LogP contribution < -0.4 is 0 Å². The van der Waals surface area contributed by atoms with Gasteiger partial charge in [-0.3, -0.25) is 4.79 Å². The van der Waals surface area contributed by atoms with E-state index in [1.165, 1.54) is 12.1 Å². The monoisotopic (exact) mass is 277 g/mol. The van der Waals surface area contributed by atoms with E-state index in [9.17, 15) is 9.18 Å². The van der Waals surface area contributed by atoms with Gasteiger partial charge in [-0.25, -0.2) is 4.39 Å². The first-order chi connectivity index (χ1) is 9.56. The van der Waals surface area contributed by atoms with Crippen LogP contribution in [-0.2, 0) is 16.0 Å². The number of rotatable bonds is 2. The van der Waals surface area contributed by atoms with Crippen molar-refractivity contribution in [3.63, 3.8) is 0 Å². The summed E-state index contributed by atoms with van der Waals surface area (Å²) in [6, 6.07) is 6.40. The number of ether oxygens (including phenoxy) is 1. The molecule has 0 N–H and O–H groups in total. The molecule has 2 aliphatic heterocycles. The number of nitrogens with zero attached hydrogens (tertiary/aromatic N) is 1. The van der Waals surface area contributed by atoms with Gasteiger partial charge in [0.25, 0.3) is 0 Å². The predicted octanol–water partition coefficient (Wildman–Crippen LogP) is 2.40. The molecule has 0 saturated carbocycles. The number of benzene rings is 1. The zero-order chi connectivity index (χ0) is 14.2. The molecule has 1 aromatic carbocycles. The van der Waals surface area contributed by atoms with Crippen LogP contribution in [0.5, 0.6) is 0 Å². The van der Waals surface area contributed by atoms with E-state index in [0.29, 0.717) is 6.42 Å². The van der Waals surface area contributed by atoms with E-state index in [-0.39, 0.29) is 23.3 Å². The van der Waals surface area contributed by atoms with Gasteiger partial charge >= 0.3 is 5.97 Å². The zero-order valence-electron chi connectivity index (χ0n) is 11.8. The molecule has 20 heavy (non-hydrogen) atoms. The highest BCUT2D eigenvalue weighted by Gasteiger charge is 2.47. The Balaban J connectivity index is 1.66. The highest BCUT2D eigenvalue weighted by Crippen LogP contribution is 2.40. The first-order valence-corrected chi connectivity index (χ1v) is 7.22. The van der Waals surface area contributed by atoms with Gasteiger partial charge in [0.2, 0.25) is 0 Å². The molecule has 108 valence electrons. The number of carbonyl (C=O) groups is 1. The van der Waals surface area contributed by atoms with E-state index in [0.717, 1.165) is 37.9 Å². The second kappa shape index (κ2) is 5.17. The smallest absolute Gasteiger partial charge is 0.309 e. The number of likely N-dealkylation sites (tertiary alicyclic amines) is 1. The summed E-state index contributed by atoms with van der Waals surface area (Å²) in [4.78, 5) is 14.4. The number of hydrogen-bond donors (Lipinski definition) is 0. The predicted molar refractivity (Wildman–Crippen MR) is 73.8 cm³/mol. The summed E-state index contributed by atoms with van der Waals surface area (Å²) in [7, 11) is 2.10. The lowest BCUT2D eigenvalue weighted by atomic mass is 9.83. The van der Waals surface area contributed by atoms with Gasteiger partial charge in [-0.05, 0) is 44.0 Å². The van der Waals surface area contributed by atoms with Crippen molar-refractivity contribution in [1.82, 2.24) is 4.90 Å². The van der Waals surface area contributed by atoms with Gasteiger partial charge in [-0.1, -0.05) is 12.1 Å². The maximum atomic E-state index is 12.9. The van der Waals surface area contributed by atoms with Crippen molar-refractivity contribution in [1.29, 1.82) is 0 Å². The molecular weight excluding hydrogens is 257 g/mol. The average Bonchev–Trinajstić information content (AvgIpc) is 2.73. The van der Waals surface area contributed by atoms with E-state index in [1.807, 2.05) is 0 Å². The van der Waals surface area contributed by atoms with Gasteiger partial charge in [0, 0.05) is 19.5 Å². The first-order valence-electron chi connectivity index (χ1n) is 7.22. The molecule has 4 heteroatoms. The van der Waals surface area contributed by atoms with Crippen LogP contribution in [0, 0.1) is 11.7 Å². The summed E-state index contributed by atoms with van der Waals surface area (Å²) in [5.74, 6) is -0.405. The van der Waals surface area contributed by atoms with Crippen molar-refractivity contribution in [3.05, 3.63) is 35.6 Å². The Hall–Kier alpha value is -1.42. The molecule has 2 fully saturated rings. The summed E-state index contributed by atoms with van der Waals surface area (Å²) in [5, 5.41) is 0. The zero-order valence-corrected chi connectivity index (χ0v) is 11.8. The number of carbonyl (C=O) groups excluding carboxylic acids is 1. The normalized spacial score (nSPS) is 25.9. The SMILES string of the molecule is CN1CCC2(CC1)CC(Cc1ccc(F)cc1)C(=O)O2. The molecule has 2 heterocycles. The molecule has 1 spiro atoms. The molecule has 3 rings (SSSR count). The fourth-order valence-corrected chi connectivity index (χ4v) is 3.26. The van der Waals surface area contributed by atoms with Crippen LogP contribution in [0.2, 0.25) is 0 Å². The molecule has 1 aromatic rings. The number of hydrogen-bond acceptors (Lipinski definition) is 3. The minimum Gasteiger partial charge on any atom is -0.459 e. The lowest BCUT2D eigenvalue weighted by Crippen LogP contribution is -2.42. The van der Waals surface area contributed by atoms with E-state index < -0.39 is 0 Å². The highest BCUT2D eigenvalue weighted by atomic mass is 19.1. The van der Waals surface area contributed by atoms with Crippen molar-refractivity contribution in [3.8, 4) is 0 Å². The molecule has 0 aromatic heterocycles. The van der Waals surface area contributed by atoms with Gasteiger partial charge in [-0.15, -0.1) is 0 Å². The summed E-state index contributed by atoms with van der Waals surface area (Å²) in [6.07, 6.45) is 3.30. The number of halogens is 1. The molecule has 1 unspecified atom stereocenters. The molecule has 0 amide bonds. The standard InChI is InChI=1S/C16H20FNO2/c1-18-8-6-16(7-9-18)11-13(15(19)20-16)10-12-2-4-14(17)5-3-12/h2-5,13H,6-11H2,1H3. The van der Waals surface area contributed by atoms with Crippen molar-refractivity contribution in [2.45, 2.75) is 31.3 Å². The summed E-state index contributed by atoms with van der Waals surface area (Å²) in [5.41, 5.74) is 0.757. The van der Waals surface area contributed by atoms with Gasteiger partial charge in [0.15, 0.2) is 0 Å². The lowest BCUT2D eigenvalue weighted by molar-refractivity contribution is -0.153. The van der Waals surface area contributed by atoms with Crippen molar-refractivity contribution in [2.24, 2.45) is 5.92 Å². The van der Waals surface area contributed by atoms with Crippen LogP contribution in [0.15, 0.2) is 24.3 Å². The van der Waals surface area contributed by atoms with E-state index in [1.54, 1.807) is 12.1 Å². The number of esters is 1. The molecular formula is C16H20FNO2. The fourth-order valence-electron chi connectivity index (χ4n) is 3.26. The van der Waals surface area contributed by atoms with E-state index >= 15 is 0 Å². The van der Waals surface area contributed by atoms with Gasteiger partial charge < -0.3 is 9.64 Å². The Morgan fingerprint density at radius 2 is 1.95 bits per heavy atom. The van der Waals surface area contributed by atoms with Crippen LogP contribution in [0.1, 0.15) is 24.8 Å². The summed E-state index contributed by atoms with van der Waals surface area (Å²) < 4.78 is 18.6. The van der Waals surface area contributed by atoms with Crippen molar-refractivity contribution in [2.75, 3.05) is 20.1 Å². The van der Waals surface area contributed by atoms with Crippen LogP contribution in [-0.4, -0.2) is 36.6 Å². The van der Waals surface area contributed by atoms with E-state index in [4.69, 9.17) is 4.74 Å². The highest BCUT2D eigenvalue weighted by molar-refractivity contribution is 5.75. The first kappa shape index (κ1) is 13.6. The molecule has 2 saturated heterocycles. The fraction of sp³-hybridized carbons (Fsp3) is 0.562. The van der Waals surface area contributed by atoms with Gasteiger partial charge in [-0.2, -0.15) is 0 Å². The molecule has 3 nitrogen and oxygen atoms in total. The Labute approximate surface area is 118 Å². The Kier molecular flexibility index (Phi) is 3.50. The summed E-state index contributed by atoms with van der Waals surface area (Å²) in [6.45, 7) is 1.97. The largest absolute Gasteiger partial charge is 0.459 e. The Morgan fingerprint density at radius 1 is 1.30 bits per heavy atom. The maximum Gasteiger partial charge on any atom is 0.309 e. The maximum absolute atomic E-state index is 12.9. The Morgan fingerprint density at radius 3 is 2.60 bits per heavy atom. The number of piperidine rings is 1. The van der Waals surface area contributed by atoms with Crippen molar-refractivity contribution < 1.29 is 13.9 Å². The third-order valence-electron chi connectivity index (χ3n) is 4.56. The van der Waals surface area contributed by atoms with Crippen molar-refractivity contribution >= 4 is 5.97 Å². The van der Waals surface area contributed by atoms with Crippen LogP contribution in [0.3, 0.4) is 0 Å². The second-order valence-electron chi connectivity index (χ2n) is 6.14. The van der Waals surface area contributed by atoms with Gasteiger partial charge in [0.1, 0.15) is 11.4 Å². The molecule has 2 aliphatic rings. The second-order valence-corrected chi connectivity index (χ2v) is 6.14. The molecule has 1 atom stereocenters. The minimum atomic E-state index is -0.242. The quantitative estimate of drug-likeness (QED) is 0.777. The topological polar surface area (TPSA) is 29.5 Å². The summed E-state index contributed by atoms with van der Waals surface area (Å²) >= 11 is 0. The van der Waals surface area contributed by atoms with Gasteiger partial charge in [0.05, 0.1) is 5.92 Å².